The highest BCUT2D eigenvalue weighted by molar-refractivity contribution is 7.99. The van der Waals surface area contributed by atoms with E-state index in [-0.39, 0.29) is 11.5 Å². The van der Waals surface area contributed by atoms with Gasteiger partial charge in [-0.25, -0.2) is 13.2 Å². The molecule has 0 aromatic heterocycles. The fourth-order valence-corrected chi connectivity index (χ4v) is 2.61. The van der Waals surface area contributed by atoms with Gasteiger partial charge in [0.05, 0.1) is 5.56 Å². The summed E-state index contributed by atoms with van der Waals surface area (Å²) in [5, 5.41) is 0. The lowest BCUT2D eigenvalue weighted by molar-refractivity contribution is 0.0824. The zero-order valence-electron chi connectivity index (χ0n) is 11.4. The molecule has 0 unspecified atom stereocenters. The molecule has 2 rings (SSSR count). The molecule has 0 aliphatic heterocycles. The van der Waals surface area contributed by atoms with E-state index in [1.807, 2.05) is 0 Å². The van der Waals surface area contributed by atoms with Crippen molar-refractivity contribution in [2.24, 2.45) is 0 Å². The second-order valence-corrected chi connectivity index (χ2v) is 5.63. The molecule has 1 amide bonds. The van der Waals surface area contributed by atoms with Crippen molar-refractivity contribution in [3.8, 4) is 0 Å². The maximum absolute atomic E-state index is 13.3. The van der Waals surface area contributed by atoms with Gasteiger partial charge in [0, 0.05) is 23.9 Å². The molecular formula is C15H12F3NOS. The number of carbonyl (C=O) groups excluding carboxylic acids is 1. The Hall–Kier alpha value is -1.95. The van der Waals surface area contributed by atoms with Crippen LogP contribution in [0.1, 0.15) is 10.4 Å². The summed E-state index contributed by atoms with van der Waals surface area (Å²) in [5.74, 6) is -2.81. The van der Waals surface area contributed by atoms with Crippen molar-refractivity contribution >= 4 is 17.7 Å². The first kappa shape index (κ1) is 15.4. The summed E-state index contributed by atoms with van der Waals surface area (Å²) in [6.07, 6.45) is 0. The van der Waals surface area contributed by atoms with Crippen molar-refractivity contribution in [1.82, 2.24) is 4.90 Å². The molecule has 0 radical (unpaired) electrons. The minimum atomic E-state index is -0.970. The molecule has 2 aromatic rings. The van der Waals surface area contributed by atoms with Crippen LogP contribution in [0.25, 0.3) is 0 Å². The first-order chi connectivity index (χ1) is 9.88. The summed E-state index contributed by atoms with van der Waals surface area (Å²) in [6, 6.07) is 7.23. The summed E-state index contributed by atoms with van der Waals surface area (Å²) < 4.78 is 39.5. The summed E-state index contributed by atoms with van der Waals surface area (Å²) in [5.41, 5.74) is 0.176. The van der Waals surface area contributed by atoms with Crippen LogP contribution in [0.3, 0.4) is 0 Å². The van der Waals surface area contributed by atoms with E-state index in [2.05, 4.69) is 0 Å². The average molecular weight is 311 g/mol. The third kappa shape index (κ3) is 3.58. The summed E-state index contributed by atoms with van der Waals surface area (Å²) in [4.78, 5) is 14.3. The third-order valence-electron chi connectivity index (χ3n) is 2.70. The maximum atomic E-state index is 13.3. The van der Waals surface area contributed by atoms with E-state index in [1.54, 1.807) is 14.1 Å². The lowest BCUT2D eigenvalue weighted by Crippen LogP contribution is -2.22. The lowest BCUT2D eigenvalue weighted by atomic mass is 10.2. The van der Waals surface area contributed by atoms with Gasteiger partial charge in [0.2, 0.25) is 0 Å². The summed E-state index contributed by atoms with van der Waals surface area (Å²) >= 11 is 1.07. The number of hydrogen-bond acceptors (Lipinski definition) is 2. The Labute approximate surface area is 124 Å². The van der Waals surface area contributed by atoms with E-state index in [0.717, 1.165) is 30.0 Å². The Bertz CT molecular complexity index is 689. The van der Waals surface area contributed by atoms with E-state index in [1.165, 1.54) is 23.1 Å². The molecule has 0 aliphatic rings. The lowest BCUT2D eigenvalue weighted by Gasteiger charge is -2.14. The number of halogens is 3. The standard InChI is InChI=1S/C15H12F3NOS/c1-19(2)15(20)11-7-9(16)3-6-14(11)21-10-4-5-12(17)13(18)8-10/h3-8H,1-2H3. The van der Waals surface area contributed by atoms with Crippen LogP contribution in [0.15, 0.2) is 46.2 Å². The Morgan fingerprint density at radius 2 is 1.71 bits per heavy atom. The first-order valence-electron chi connectivity index (χ1n) is 6.02. The van der Waals surface area contributed by atoms with Crippen LogP contribution in [0.5, 0.6) is 0 Å². The second-order valence-electron chi connectivity index (χ2n) is 4.52. The van der Waals surface area contributed by atoms with Crippen molar-refractivity contribution in [2.45, 2.75) is 9.79 Å². The number of benzene rings is 2. The van der Waals surface area contributed by atoms with Gasteiger partial charge in [-0.3, -0.25) is 4.79 Å². The van der Waals surface area contributed by atoms with Gasteiger partial charge < -0.3 is 4.90 Å². The normalized spacial score (nSPS) is 10.5. The van der Waals surface area contributed by atoms with Crippen molar-refractivity contribution in [1.29, 1.82) is 0 Å². The Kier molecular flexibility index (Phi) is 4.57. The van der Waals surface area contributed by atoms with Crippen LogP contribution in [0, 0.1) is 17.5 Å². The van der Waals surface area contributed by atoms with Crippen molar-refractivity contribution in [3.63, 3.8) is 0 Å². The van der Waals surface area contributed by atoms with Crippen molar-refractivity contribution < 1.29 is 18.0 Å². The Morgan fingerprint density at radius 3 is 2.33 bits per heavy atom. The molecule has 0 aliphatic carbocycles. The van der Waals surface area contributed by atoms with Gasteiger partial charge in [-0.15, -0.1) is 0 Å². The summed E-state index contributed by atoms with van der Waals surface area (Å²) in [7, 11) is 3.11. The number of carbonyl (C=O) groups is 1. The predicted octanol–water partition coefficient (Wildman–Crippen LogP) is 3.96. The van der Waals surface area contributed by atoms with E-state index < -0.39 is 17.5 Å². The van der Waals surface area contributed by atoms with Gasteiger partial charge in [-0.05, 0) is 36.4 Å². The monoisotopic (exact) mass is 311 g/mol. The second kappa shape index (κ2) is 6.22. The van der Waals surface area contributed by atoms with Crippen LogP contribution >= 0.6 is 11.8 Å². The minimum absolute atomic E-state index is 0.176. The number of nitrogens with zero attached hydrogens (tertiary/aromatic N) is 1. The molecule has 0 saturated heterocycles. The minimum Gasteiger partial charge on any atom is -0.345 e. The predicted molar refractivity (Wildman–Crippen MR) is 74.9 cm³/mol. The van der Waals surface area contributed by atoms with Crippen molar-refractivity contribution in [3.05, 3.63) is 59.4 Å². The zero-order valence-corrected chi connectivity index (χ0v) is 12.2. The number of amides is 1. The van der Waals surface area contributed by atoms with E-state index in [9.17, 15) is 18.0 Å². The molecule has 110 valence electrons. The quantitative estimate of drug-likeness (QED) is 0.855. The van der Waals surface area contributed by atoms with Crippen LogP contribution in [0.2, 0.25) is 0 Å². The zero-order chi connectivity index (χ0) is 15.6. The highest BCUT2D eigenvalue weighted by Gasteiger charge is 2.16. The van der Waals surface area contributed by atoms with Gasteiger partial charge in [-0.2, -0.15) is 0 Å². The average Bonchev–Trinajstić information content (AvgIpc) is 2.44. The fraction of sp³-hybridized carbons (Fsp3) is 0.133. The SMILES string of the molecule is CN(C)C(=O)c1cc(F)ccc1Sc1ccc(F)c(F)c1. The molecule has 0 spiro atoms. The molecule has 0 saturated carbocycles. The van der Waals surface area contributed by atoms with Gasteiger partial charge in [-0.1, -0.05) is 11.8 Å². The van der Waals surface area contributed by atoms with E-state index in [4.69, 9.17) is 0 Å². The van der Waals surface area contributed by atoms with E-state index >= 15 is 0 Å². The molecule has 0 fully saturated rings. The summed E-state index contributed by atoms with van der Waals surface area (Å²) in [6.45, 7) is 0. The van der Waals surface area contributed by atoms with Crippen molar-refractivity contribution in [2.75, 3.05) is 14.1 Å². The molecule has 0 atom stereocenters. The topological polar surface area (TPSA) is 20.3 Å². The molecule has 2 aromatic carbocycles. The molecule has 0 N–H and O–H groups in total. The Balaban J connectivity index is 2.39. The molecule has 21 heavy (non-hydrogen) atoms. The molecule has 0 heterocycles. The highest BCUT2D eigenvalue weighted by Crippen LogP contribution is 2.32. The van der Waals surface area contributed by atoms with Crippen LogP contribution in [-0.2, 0) is 0 Å². The third-order valence-corrected chi connectivity index (χ3v) is 3.76. The van der Waals surface area contributed by atoms with Crippen LogP contribution < -0.4 is 0 Å². The number of hydrogen-bond donors (Lipinski definition) is 0. The van der Waals surface area contributed by atoms with Crippen LogP contribution in [0.4, 0.5) is 13.2 Å². The fourth-order valence-electron chi connectivity index (χ4n) is 1.67. The van der Waals surface area contributed by atoms with Gasteiger partial charge in [0.15, 0.2) is 11.6 Å². The maximum Gasteiger partial charge on any atom is 0.254 e. The first-order valence-corrected chi connectivity index (χ1v) is 6.84. The molecule has 6 heteroatoms. The Morgan fingerprint density at radius 1 is 1.00 bits per heavy atom. The van der Waals surface area contributed by atoms with Gasteiger partial charge in [0.25, 0.3) is 5.91 Å². The molecule has 2 nitrogen and oxygen atoms in total. The van der Waals surface area contributed by atoms with E-state index in [0.29, 0.717) is 9.79 Å². The van der Waals surface area contributed by atoms with Gasteiger partial charge in [0.1, 0.15) is 5.82 Å². The smallest absolute Gasteiger partial charge is 0.254 e. The van der Waals surface area contributed by atoms with Gasteiger partial charge >= 0.3 is 0 Å². The van der Waals surface area contributed by atoms with Crippen LogP contribution in [-0.4, -0.2) is 24.9 Å². The molecule has 0 bridgehead atoms. The number of rotatable bonds is 3. The largest absolute Gasteiger partial charge is 0.345 e. The highest BCUT2D eigenvalue weighted by atomic mass is 32.2. The molecular weight excluding hydrogens is 299 g/mol.